The van der Waals surface area contributed by atoms with Gasteiger partial charge in [0.2, 0.25) is 0 Å². The third-order valence-corrected chi connectivity index (χ3v) is 2.74. The summed E-state index contributed by atoms with van der Waals surface area (Å²) in [6, 6.07) is 20.6. The Bertz CT molecular complexity index is 451. The summed E-state index contributed by atoms with van der Waals surface area (Å²) in [5.74, 6) is 0. The highest BCUT2D eigenvalue weighted by Gasteiger charge is 1.86. The summed E-state index contributed by atoms with van der Waals surface area (Å²) >= 11 is 0. The average Bonchev–Trinajstić information content (AvgIpc) is 2.51. The number of hydrogen-bond donors (Lipinski definition) is 2. The molecule has 2 aromatic carbocycles. The Morgan fingerprint density at radius 3 is 1.95 bits per heavy atom. The molecule has 0 fully saturated rings. The van der Waals surface area contributed by atoms with E-state index < -0.39 is 0 Å². The van der Waals surface area contributed by atoms with Gasteiger partial charge in [0.1, 0.15) is 0 Å². The van der Waals surface area contributed by atoms with E-state index in [-0.39, 0.29) is 0 Å². The highest BCUT2D eigenvalue weighted by molar-refractivity contribution is 5.15. The molecule has 2 rings (SSSR count). The average molecular weight is 268 g/mol. The highest BCUT2D eigenvalue weighted by Crippen LogP contribution is 1.97. The van der Waals surface area contributed by atoms with Crippen molar-refractivity contribution in [3.05, 3.63) is 84.4 Å². The summed E-state index contributed by atoms with van der Waals surface area (Å²) in [4.78, 5) is 0. The first-order valence-electron chi connectivity index (χ1n) is 6.96. The van der Waals surface area contributed by atoms with Crippen LogP contribution in [0, 0.1) is 0 Å². The van der Waals surface area contributed by atoms with Crippen molar-refractivity contribution in [2.24, 2.45) is 5.73 Å². The lowest BCUT2D eigenvalue weighted by molar-refractivity contribution is 0.760. The second-order valence-electron chi connectivity index (χ2n) is 4.43. The Morgan fingerprint density at radius 2 is 1.45 bits per heavy atom. The van der Waals surface area contributed by atoms with Gasteiger partial charge in [0.15, 0.2) is 0 Å². The largest absolute Gasteiger partial charge is 0.330 e. The SMILES string of the molecule is C=CCNCc1ccccc1.NCCc1ccccc1. The van der Waals surface area contributed by atoms with E-state index in [4.69, 9.17) is 5.73 Å². The number of nitrogens with one attached hydrogen (secondary N) is 1. The number of benzene rings is 2. The molecule has 2 aromatic rings. The summed E-state index contributed by atoms with van der Waals surface area (Å²) in [6.07, 6.45) is 2.85. The number of rotatable bonds is 6. The van der Waals surface area contributed by atoms with Gasteiger partial charge in [-0.05, 0) is 24.1 Å². The van der Waals surface area contributed by atoms with Crippen molar-refractivity contribution in [3.63, 3.8) is 0 Å². The van der Waals surface area contributed by atoms with E-state index in [2.05, 4.69) is 36.2 Å². The highest BCUT2D eigenvalue weighted by atomic mass is 14.8. The molecule has 2 nitrogen and oxygen atoms in total. The smallest absolute Gasteiger partial charge is 0.0208 e. The topological polar surface area (TPSA) is 38.0 Å². The van der Waals surface area contributed by atoms with E-state index >= 15 is 0 Å². The molecule has 0 heterocycles. The van der Waals surface area contributed by atoms with Gasteiger partial charge in [-0.25, -0.2) is 0 Å². The Balaban J connectivity index is 0.000000204. The first-order chi connectivity index (χ1) is 9.86. The maximum Gasteiger partial charge on any atom is 0.0208 e. The molecule has 0 amide bonds. The lowest BCUT2D eigenvalue weighted by Crippen LogP contribution is -2.12. The van der Waals surface area contributed by atoms with Crippen molar-refractivity contribution in [2.75, 3.05) is 13.1 Å². The van der Waals surface area contributed by atoms with Crippen LogP contribution in [0.1, 0.15) is 11.1 Å². The molecule has 0 saturated heterocycles. The zero-order chi connectivity index (χ0) is 14.5. The van der Waals surface area contributed by atoms with Crippen LogP contribution >= 0.6 is 0 Å². The van der Waals surface area contributed by atoms with Crippen molar-refractivity contribution >= 4 is 0 Å². The van der Waals surface area contributed by atoms with Crippen LogP contribution in [0.3, 0.4) is 0 Å². The normalized spacial score (nSPS) is 9.45. The summed E-state index contributed by atoms with van der Waals surface area (Å²) in [6.45, 7) is 6.16. The van der Waals surface area contributed by atoms with E-state index in [1.54, 1.807) is 0 Å². The van der Waals surface area contributed by atoms with E-state index in [1.807, 2.05) is 42.5 Å². The van der Waals surface area contributed by atoms with Crippen LogP contribution in [0.2, 0.25) is 0 Å². The minimum Gasteiger partial charge on any atom is -0.330 e. The molecular formula is C18H24N2. The van der Waals surface area contributed by atoms with E-state index in [9.17, 15) is 0 Å². The Kier molecular flexibility index (Phi) is 8.86. The van der Waals surface area contributed by atoms with E-state index in [0.717, 1.165) is 26.1 Å². The van der Waals surface area contributed by atoms with Crippen molar-refractivity contribution in [1.29, 1.82) is 0 Å². The van der Waals surface area contributed by atoms with Crippen LogP contribution in [0.25, 0.3) is 0 Å². The summed E-state index contributed by atoms with van der Waals surface area (Å²) in [7, 11) is 0. The van der Waals surface area contributed by atoms with Gasteiger partial charge in [-0.3, -0.25) is 0 Å². The molecule has 106 valence electrons. The van der Waals surface area contributed by atoms with Gasteiger partial charge in [-0.15, -0.1) is 6.58 Å². The number of hydrogen-bond acceptors (Lipinski definition) is 2. The summed E-state index contributed by atoms with van der Waals surface area (Å²) in [5.41, 5.74) is 7.99. The van der Waals surface area contributed by atoms with Crippen LogP contribution in [-0.4, -0.2) is 13.1 Å². The fourth-order valence-electron chi connectivity index (χ4n) is 1.73. The van der Waals surface area contributed by atoms with Gasteiger partial charge in [-0.1, -0.05) is 66.7 Å². The maximum absolute atomic E-state index is 5.36. The zero-order valence-corrected chi connectivity index (χ0v) is 12.0. The maximum atomic E-state index is 5.36. The molecule has 0 aliphatic carbocycles. The molecule has 0 unspecified atom stereocenters. The molecule has 20 heavy (non-hydrogen) atoms. The third kappa shape index (κ3) is 7.52. The molecule has 0 spiro atoms. The summed E-state index contributed by atoms with van der Waals surface area (Å²) in [5, 5.41) is 3.23. The molecule has 3 N–H and O–H groups in total. The molecule has 0 bridgehead atoms. The molecule has 0 radical (unpaired) electrons. The van der Waals surface area contributed by atoms with Crippen molar-refractivity contribution in [2.45, 2.75) is 13.0 Å². The fraction of sp³-hybridized carbons (Fsp3) is 0.222. The van der Waals surface area contributed by atoms with Gasteiger partial charge >= 0.3 is 0 Å². The minimum atomic E-state index is 0.740. The number of nitrogens with two attached hydrogens (primary N) is 1. The Labute approximate surface area is 122 Å². The molecule has 2 heteroatoms. The van der Waals surface area contributed by atoms with Gasteiger partial charge < -0.3 is 11.1 Å². The van der Waals surface area contributed by atoms with Gasteiger partial charge in [0, 0.05) is 13.1 Å². The predicted octanol–water partition coefficient (Wildman–Crippen LogP) is 3.15. The van der Waals surface area contributed by atoms with Crippen molar-refractivity contribution < 1.29 is 0 Å². The van der Waals surface area contributed by atoms with E-state index in [1.165, 1.54) is 11.1 Å². The third-order valence-electron chi connectivity index (χ3n) is 2.74. The predicted molar refractivity (Wildman–Crippen MR) is 87.5 cm³/mol. The molecule has 0 aliphatic heterocycles. The van der Waals surface area contributed by atoms with Gasteiger partial charge in [0.05, 0.1) is 0 Å². The minimum absolute atomic E-state index is 0.740. The second kappa shape index (κ2) is 11.0. The second-order valence-corrected chi connectivity index (χ2v) is 4.43. The monoisotopic (exact) mass is 268 g/mol. The first kappa shape index (κ1) is 16.2. The summed E-state index contributed by atoms with van der Waals surface area (Å²) < 4.78 is 0. The van der Waals surface area contributed by atoms with Crippen LogP contribution < -0.4 is 11.1 Å². The molecule has 0 aromatic heterocycles. The Morgan fingerprint density at radius 1 is 0.900 bits per heavy atom. The van der Waals surface area contributed by atoms with Gasteiger partial charge in [0.25, 0.3) is 0 Å². The quantitative estimate of drug-likeness (QED) is 0.624. The lowest BCUT2D eigenvalue weighted by Gasteiger charge is -1.99. The molecule has 0 atom stereocenters. The van der Waals surface area contributed by atoms with E-state index in [0.29, 0.717) is 0 Å². The Hall–Kier alpha value is -1.90. The molecule has 0 aliphatic rings. The van der Waals surface area contributed by atoms with Crippen molar-refractivity contribution in [1.82, 2.24) is 5.32 Å². The van der Waals surface area contributed by atoms with Crippen LogP contribution in [0.5, 0.6) is 0 Å². The molecular weight excluding hydrogens is 244 g/mol. The fourth-order valence-corrected chi connectivity index (χ4v) is 1.73. The lowest BCUT2D eigenvalue weighted by atomic mass is 10.2. The van der Waals surface area contributed by atoms with Crippen molar-refractivity contribution in [3.8, 4) is 0 Å². The zero-order valence-electron chi connectivity index (χ0n) is 12.0. The van der Waals surface area contributed by atoms with Crippen LogP contribution in [0.4, 0.5) is 0 Å². The first-order valence-corrected chi connectivity index (χ1v) is 6.96. The van der Waals surface area contributed by atoms with Crippen LogP contribution in [-0.2, 0) is 13.0 Å². The van der Waals surface area contributed by atoms with Crippen LogP contribution in [0.15, 0.2) is 73.3 Å². The van der Waals surface area contributed by atoms with Gasteiger partial charge in [-0.2, -0.15) is 0 Å². The standard InChI is InChI=1S/C10H13N.C8H11N/c1-2-8-11-9-10-6-4-3-5-7-10;9-7-6-8-4-2-1-3-5-8/h2-7,11H,1,8-9H2;1-5H,6-7,9H2. The molecule has 0 saturated carbocycles.